The van der Waals surface area contributed by atoms with Crippen LogP contribution in [0.2, 0.25) is 0 Å². The summed E-state index contributed by atoms with van der Waals surface area (Å²) in [6.45, 7) is -0.542. The number of hydrogen-bond donors (Lipinski definition) is 0. The molecule has 0 aliphatic carbocycles. The van der Waals surface area contributed by atoms with Gasteiger partial charge in [0.25, 0.3) is 11.4 Å². The third-order valence-corrected chi connectivity index (χ3v) is 3.18. The van der Waals surface area contributed by atoms with Crippen molar-refractivity contribution in [3.8, 4) is 0 Å². The molecule has 0 saturated heterocycles. The van der Waals surface area contributed by atoms with Gasteiger partial charge >= 0.3 is 12.1 Å². The van der Waals surface area contributed by atoms with Crippen molar-refractivity contribution in [2.75, 3.05) is 0 Å². The molecule has 0 heterocycles. The van der Waals surface area contributed by atoms with Crippen LogP contribution in [-0.4, -0.2) is 15.8 Å². The molecule has 0 saturated carbocycles. The van der Waals surface area contributed by atoms with Crippen molar-refractivity contribution >= 4 is 17.3 Å². The second kappa shape index (κ2) is 7.17. The van der Waals surface area contributed by atoms with Crippen LogP contribution in [0.15, 0.2) is 42.5 Å². The van der Waals surface area contributed by atoms with Crippen molar-refractivity contribution in [2.45, 2.75) is 12.8 Å². The molecular formula is C15H9F3N2O6. The van der Waals surface area contributed by atoms with Crippen molar-refractivity contribution < 1.29 is 32.5 Å². The lowest BCUT2D eigenvalue weighted by Crippen LogP contribution is -2.08. The summed E-state index contributed by atoms with van der Waals surface area (Å²) in [4.78, 5) is 31.7. The van der Waals surface area contributed by atoms with Gasteiger partial charge in [0.05, 0.1) is 27.0 Å². The normalized spacial score (nSPS) is 11.0. The molecule has 0 fully saturated rings. The van der Waals surface area contributed by atoms with Gasteiger partial charge in [0.2, 0.25) is 0 Å². The molecule has 0 unspecified atom stereocenters. The number of carbonyl (C=O) groups is 1. The molecule has 11 heteroatoms. The van der Waals surface area contributed by atoms with Crippen LogP contribution in [0.1, 0.15) is 21.5 Å². The first-order valence-electron chi connectivity index (χ1n) is 6.85. The van der Waals surface area contributed by atoms with Gasteiger partial charge in [-0.05, 0) is 17.7 Å². The molecule has 0 radical (unpaired) electrons. The molecule has 136 valence electrons. The summed E-state index contributed by atoms with van der Waals surface area (Å²) in [7, 11) is 0. The molecule has 26 heavy (non-hydrogen) atoms. The maximum absolute atomic E-state index is 12.6. The highest BCUT2D eigenvalue weighted by Gasteiger charge is 2.30. The van der Waals surface area contributed by atoms with Gasteiger partial charge in [-0.1, -0.05) is 12.1 Å². The molecule has 0 aromatic heterocycles. The van der Waals surface area contributed by atoms with E-state index in [2.05, 4.69) is 0 Å². The predicted octanol–water partition coefficient (Wildman–Crippen LogP) is 3.88. The van der Waals surface area contributed by atoms with Gasteiger partial charge in [-0.2, -0.15) is 13.2 Å². The zero-order chi connectivity index (χ0) is 19.5. The Hall–Kier alpha value is -3.50. The quantitative estimate of drug-likeness (QED) is 0.448. The highest BCUT2D eigenvalue weighted by molar-refractivity contribution is 5.91. The van der Waals surface area contributed by atoms with Crippen LogP contribution < -0.4 is 0 Å². The Labute approximate surface area is 143 Å². The Bertz CT molecular complexity index is 850. The number of alkyl halides is 3. The maximum atomic E-state index is 12.6. The molecule has 2 aromatic carbocycles. The fourth-order valence-corrected chi connectivity index (χ4v) is 1.99. The Morgan fingerprint density at radius 2 is 1.58 bits per heavy atom. The van der Waals surface area contributed by atoms with Crippen LogP contribution >= 0.6 is 0 Å². The monoisotopic (exact) mass is 370 g/mol. The van der Waals surface area contributed by atoms with Crippen molar-refractivity contribution in [2.24, 2.45) is 0 Å². The second-order valence-corrected chi connectivity index (χ2v) is 5.03. The number of non-ortho nitro benzene ring substituents is 2. The van der Waals surface area contributed by atoms with E-state index in [1.165, 1.54) is 6.07 Å². The second-order valence-electron chi connectivity index (χ2n) is 5.03. The lowest BCUT2D eigenvalue weighted by atomic mass is 10.1. The Balaban J connectivity index is 2.20. The average Bonchev–Trinajstić information content (AvgIpc) is 2.58. The van der Waals surface area contributed by atoms with Crippen LogP contribution in [0.3, 0.4) is 0 Å². The first kappa shape index (κ1) is 18.8. The molecule has 8 nitrogen and oxygen atoms in total. The Kier molecular flexibility index (Phi) is 5.19. The van der Waals surface area contributed by atoms with E-state index in [1.54, 1.807) is 0 Å². The van der Waals surface area contributed by atoms with Gasteiger partial charge in [-0.25, -0.2) is 4.79 Å². The van der Waals surface area contributed by atoms with Crippen molar-refractivity contribution in [1.82, 2.24) is 0 Å². The summed E-state index contributed by atoms with van der Waals surface area (Å²) < 4.78 is 42.7. The number of esters is 1. The minimum Gasteiger partial charge on any atom is -0.457 e. The molecule has 0 atom stereocenters. The molecule has 0 N–H and O–H groups in total. The molecule has 0 bridgehead atoms. The van der Waals surface area contributed by atoms with Gasteiger partial charge < -0.3 is 4.74 Å². The molecule has 0 spiro atoms. The summed E-state index contributed by atoms with van der Waals surface area (Å²) in [5.41, 5.74) is -2.74. The fraction of sp³-hybridized carbons (Fsp3) is 0.133. The third kappa shape index (κ3) is 4.53. The number of rotatable bonds is 5. The number of nitro groups is 2. The van der Waals surface area contributed by atoms with E-state index < -0.39 is 51.1 Å². The van der Waals surface area contributed by atoms with E-state index in [0.29, 0.717) is 6.07 Å². The molecule has 0 amide bonds. The summed E-state index contributed by atoms with van der Waals surface area (Å²) in [6.07, 6.45) is -4.57. The van der Waals surface area contributed by atoms with E-state index in [9.17, 15) is 38.2 Å². The molecular weight excluding hydrogens is 361 g/mol. The van der Waals surface area contributed by atoms with E-state index in [0.717, 1.165) is 30.3 Å². The van der Waals surface area contributed by atoms with Gasteiger partial charge in [-0.15, -0.1) is 0 Å². The molecule has 2 rings (SSSR count). The number of nitro benzene ring substituents is 2. The first-order valence-corrected chi connectivity index (χ1v) is 6.85. The van der Waals surface area contributed by atoms with Gasteiger partial charge in [-0.3, -0.25) is 20.2 Å². The number of benzene rings is 2. The minimum absolute atomic E-state index is 0.0353. The summed E-state index contributed by atoms with van der Waals surface area (Å²) >= 11 is 0. The third-order valence-electron chi connectivity index (χ3n) is 3.18. The number of hydrogen-bond acceptors (Lipinski definition) is 6. The van der Waals surface area contributed by atoms with E-state index in [1.807, 2.05) is 0 Å². The van der Waals surface area contributed by atoms with Gasteiger partial charge in [0.15, 0.2) is 0 Å². The highest BCUT2D eigenvalue weighted by atomic mass is 19.4. The van der Waals surface area contributed by atoms with Crippen molar-refractivity contribution in [3.63, 3.8) is 0 Å². The molecule has 0 aliphatic heterocycles. The lowest BCUT2D eigenvalue weighted by molar-refractivity contribution is -0.394. The highest BCUT2D eigenvalue weighted by Crippen LogP contribution is 2.30. The first-order chi connectivity index (χ1) is 12.1. The molecule has 0 aliphatic rings. The van der Waals surface area contributed by atoms with E-state index in [-0.39, 0.29) is 5.56 Å². The van der Waals surface area contributed by atoms with Crippen LogP contribution in [0.25, 0.3) is 0 Å². The maximum Gasteiger partial charge on any atom is 0.416 e. The van der Waals surface area contributed by atoms with Crippen LogP contribution in [0.5, 0.6) is 0 Å². The summed E-state index contributed by atoms with van der Waals surface area (Å²) in [5.74, 6) is -1.14. The standard InChI is InChI=1S/C15H9F3N2O6/c16-15(17,18)11-3-1-2-9(4-11)8-26-14(21)10-5-12(19(22)23)7-13(6-10)20(24)25/h1-7H,8H2. The Morgan fingerprint density at radius 1 is 1.00 bits per heavy atom. The van der Waals surface area contributed by atoms with E-state index in [4.69, 9.17) is 4.74 Å². The largest absolute Gasteiger partial charge is 0.457 e. The fourth-order valence-electron chi connectivity index (χ4n) is 1.99. The average molecular weight is 370 g/mol. The predicted molar refractivity (Wildman–Crippen MR) is 80.3 cm³/mol. The number of nitrogens with zero attached hydrogens (tertiary/aromatic N) is 2. The topological polar surface area (TPSA) is 113 Å². The lowest BCUT2D eigenvalue weighted by Gasteiger charge is -2.09. The van der Waals surface area contributed by atoms with Crippen LogP contribution in [-0.2, 0) is 17.5 Å². The van der Waals surface area contributed by atoms with E-state index >= 15 is 0 Å². The zero-order valence-electron chi connectivity index (χ0n) is 12.7. The van der Waals surface area contributed by atoms with Gasteiger partial charge in [0.1, 0.15) is 6.61 Å². The number of carbonyl (C=O) groups excluding carboxylic acids is 1. The number of halogens is 3. The minimum atomic E-state index is -4.57. The Morgan fingerprint density at radius 3 is 2.08 bits per heavy atom. The van der Waals surface area contributed by atoms with Gasteiger partial charge in [0, 0.05) is 12.1 Å². The SMILES string of the molecule is O=C(OCc1cccc(C(F)(F)F)c1)c1cc([N+](=O)[O-])cc([N+](=O)[O-])c1. The number of ether oxygens (including phenoxy) is 1. The summed E-state index contributed by atoms with van der Waals surface area (Å²) in [6, 6.07) is 6.27. The van der Waals surface area contributed by atoms with Crippen LogP contribution in [0, 0.1) is 20.2 Å². The van der Waals surface area contributed by atoms with Crippen molar-refractivity contribution in [1.29, 1.82) is 0 Å². The van der Waals surface area contributed by atoms with Crippen molar-refractivity contribution in [3.05, 3.63) is 79.4 Å². The summed E-state index contributed by atoms with van der Waals surface area (Å²) in [5, 5.41) is 21.6. The van der Waals surface area contributed by atoms with Crippen LogP contribution in [0.4, 0.5) is 24.5 Å². The smallest absolute Gasteiger partial charge is 0.416 e. The zero-order valence-corrected chi connectivity index (χ0v) is 12.7. The molecule has 2 aromatic rings.